The highest BCUT2D eigenvalue weighted by Crippen LogP contribution is 2.35. The number of rotatable bonds is 4. The Morgan fingerprint density at radius 2 is 2.08 bits per heavy atom. The monoisotopic (exact) mass is 363 g/mol. The lowest BCUT2D eigenvalue weighted by Crippen LogP contribution is -2.40. The minimum Gasteiger partial charge on any atom is -0.379 e. The molecule has 0 bridgehead atoms. The van der Waals surface area contributed by atoms with Gasteiger partial charge >= 0.3 is 0 Å². The summed E-state index contributed by atoms with van der Waals surface area (Å²) >= 11 is 3.68. The molecule has 1 spiro atoms. The van der Waals surface area contributed by atoms with E-state index < -0.39 is 0 Å². The molecule has 4 heterocycles. The lowest BCUT2D eigenvalue weighted by Gasteiger charge is -2.31. The lowest BCUT2D eigenvalue weighted by molar-refractivity contribution is 0.0706. The lowest BCUT2D eigenvalue weighted by atomic mass is 9.87. The molecule has 1 atom stereocenters. The standard InChI is InChI=1S/C18H25N3OS2/c1-15-2-3-16(24-15)10-21-7-8-22-14-18(13-21)4-6-20(12-18)11-17-19-5-9-23-17/h2-3,5,9H,4,6-8,10-14H2,1H3. The van der Waals surface area contributed by atoms with E-state index in [0.717, 1.165) is 52.5 Å². The fraction of sp³-hybridized carbons (Fsp3) is 0.611. The molecule has 130 valence electrons. The van der Waals surface area contributed by atoms with Crippen LogP contribution in [0, 0.1) is 12.3 Å². The summed E-state index contributed by atoms with van der Waals surface area (Å²) in [5.41, 5.74) is 0.292. The first-order valence-corrected chi connectivity index (χ1v) is 10.4. The topological polar surface area (TPSA) is 28.6 Å². The van der Waals surface area contributed by atoms with E-state index in [-0.39, 0.29) is 0 Å². The van der Waals surface area contributed by atoms with Crippen LogP contribution in [0.1, 0.15) is 21.2 Å². The van der Waals surface area contributed by atoms with E-state index in [2.05, 4.69) is 39.2 Å². The smallest absolute Gasteiger partial charge is 0.107 e. The number of aromatic nitrogens is 1. The summed E-state index contributed by atoms with van der Waals surface area (Å²) in [7, 11) is 0. The van der Waals surface area contributed by atoms with Gasteiger partial charge in [0.1, 0.15) is 5.01 Å². The number of thiophene rings is 1. The van der Waals surface area contributed by atoms with E-state index in [9.17, 15) is 0 Å². The maximum absolute atomic E-state index is 6.01. The van der Waals surface area contributed by atoms with Crippen molar-refractivity contribution < 1.29 is 4.74 Å². The fourth-order valence-corrected chi connectivity index (χ4v) is 5.53. The first-order chi connectivity index (χ1) is 11.7. The van der Waals surface area contributed by atoms with Crippen molar-refractivity contribution in [1.82, 2.24) is 14.8 Å². The third-order valence-electron chi connectivity index (χ3n) is 5.05. The van der Waals surface area contributed by atoms with Crippen LogP contribution in [0.25, 0.3) is 0 Å². The van der Waals surface area contributed by atoms with E-state index in [1.807, 2.05) is 17.5 Å². The van der Waals surface area contributed by atoms with Gasteiger partial charge in [0.25, 0.3) is 0 Å². The Bertz CT molecular complexity index is 657. The number of likely N-dealkylation sites (tertiary alicyclic amines) is 1. The molecule has 6 heteroatoms. The first kappa shape index (κ1) is 16.7. The molecule has 2 aliphatic rings. The molecular weight excluding hydrogens is 338 g/mol. The molecule has 4 rings (SSSR count). The Labute approximate surface area is 152 Å². The molecule has 1 unspecified atom stereocenters. The van der Waals surface area contributed by atoms with Crippen LogP contribution in [0.2, 0.25) is 0 Å². The molecule has 0 saturated carbocycles. The van der Waals surface area contributed by atoms with E-state index >= 15 is 0 Å². The quantitative estimate of drug-likeness (QED) is 0.834. The van der Waals surface area contributed by atoms with Crippen molar-refractivity contribution in [3.05, 3.63) is 38.5 Å². The number of ether oxygens (including phenoxy) is 1. The predicted octanol–water partition coefficient (Wildman–Crippen LogP) is 3.24. The Morgan fingerprint density at radius 3 is 2.83 bits per heavy atom. The molecular formula is C18H25N3OS2. The van der Waals surface area contributed by atoms with Gasteiger partial charge in [-0.1, -0.05) is 0 Å². The normalized spacial score (nSPS) is 26.2. The van der Waals surface area contributed by atoms with Crippen molar-refractivity contribution in [2.45, 2.75) is 26.4 Å². The van der Waals surface area contributed by atoms with Gasteiger partial charge in [-0.15, -0.1) is 22.7 Å². The highest BCUT2D eigenvalue weighted by atomic mass is 32.1. The number of hydrogen-bond acceptors (Lipinski definition) is 6. The van der Waals surface area contributed by atoms with Crippen LogP contribution in [0.3, 0.4) is 0 Å². The van der Waals surface area contributed by atoms with Crippen molar-refractivity contribution >= 4 is 22.7 Å². The van der Waals surface area contributed by atoms with E-state index in [1.54, 1.807) is 11.3 Å². The zero-order valence-corrected chi connectivity index (χ0v) is 15.9. The number of hydrogen-bond donors (Lipinski definition) is 0. The van der Waals surface area contributed by atoms with Gasteiger partial charge in [-0.3, -0.25) is 9.80 Å². The van der Waals surface area contributed by atoms with Gasteiger partial charge in [0.15, 0.2) is 0 Å². The number of aryl methyl sites for hydroxylation is 1. The minimum atomic E-state index is 0.292. The van der Waals surface area contributed by atoms with Crippen molar-refractivity contribution in [2.24, 2.45) is 5.41 Å². The molecule has 4 nitrogen and oxygen atoms in total. The molecule has 0 N–H and O–H groups in total. The van der Waals surface area contributed by atoms with Crippen molar-refractivity contribution in [1.29, 1.82) is 0 Å². The van der Waals surface area contributed by atoms with Crippen LogP contribution < -0.4 is 0 Å². The number of thiazole rings is 1. The molecule has 2 aliphatic heterocycles. The van der Waals surface area contributed by atoms with Crippen LogP contribution >= 0.6 is 22.7 Å². The average molecular weight is 364 g/mol. The Morgan fingerprint density at radius 1 is 1.21 bits per heavy atom. The molecule has 0 amide bonds. The SMILES string of the molecule is Cc1ccc(CN2CCOCC3(CCN(Cc4nccs4)C3)C2)s1. The Kier molecular flexibility index (Phi) is 5.01. The molecule has 2 aromatic rings. The molecule has 2 aromatic heterocycles. The highest BCUT2D eigenvalue weighted by molar-refractivity contribution is 7.11. The minimum absolute atomic E-state index is 0.292. The molecule has 2 saturated heterocycles. The van der Waals surface area contributed by atoms with Crippen molar-refractivity contribution in [2.75, 3.05) is 39.4 Å². The molecule has 0 aromatic carbocycles. The van der Waals surface area contributed by atoms with E-state index in [0.29, 0.717) is 5.41 Å². The average Bonchev–Trinajstić information content (AvgIpc) is 3.25. The van der Waals surface area contributed by atoms with Crippen molar-refractivity contribution in [3.63, 3.8) is 0 Å². The summed E-state index contributed by atoms with van der Waals surface area (Å²) in [6.07, 6.45) is 3.14. The Hall–Kier alpha value is -0.790. The van der Waals surface area contributed by atoms with Gasteiger partial charge in [-0.25, -0.2) is 4.98 Å². The van der Waals surface area contributed by atoms with Crippen LogP contribution in [0.4, 0.5) is 0 Å². The van der Waals surface area contributed by atoms with Crippen LogP contribution in [-0.2, 0) is 17.8 Å². The molecule has 0 aliphatic carbocycles. The second-order valence-electron chi connectivity index (χ2n) is 7.16. The summed E-state index contributed by atoms with van der Waals surface area (Å²) in [5.74, 6) is 0. The predicted molar refractivity (Wildman–Crippen MR) is 99.6 cm³/mol. The van der Waals surface area contributed by atoms with E-state index in [1.165, 1.54) is 21.2 Å². The van der Waals surface area contributed by atoms with E-state index in [4.69, 9.17) is 4.74 Å². The first-order valence-electron chi connectivity index (χ1n) is 8.67. The summed E-state index contributed by atoms with van der Waals surface area (Å²) in [6.45, 7) is 10.5. The summed E-state index contributed by atoms with van der Waals surface area (Å²) < 4.78 is 6.01. The maximum Gasteiger partial charge on any atom is 0.107 e. The Balaban J connectivity index is 1.40. The summed E-state index contributed by atoms with van der Waals surface area (Å²) in [4.78, 5) is 12.5. The van der Waals surface area contributed by atoms with Crippen LogP contribution in [0.15, 0.2) is 23.7 Å². The second-order valence-corrected chi connectivity index (χ2v) is 9.51. The molecule has 2 fully saturated rings. The van der Waals surface area contributed by atoms with Gasteiger partial charge in [0.2, 0.25) is 0 Å². The van der Waals surface area contributed by atoms with Gasteiger partial charge in [0.05, 0.1) is 19.8 Å². The van der Waals surface area contributed by atoms with Gasteiger partial charge < -0.3 is 4.74 Å². The van der Waals surface area contributed by atoms with Crippen LogP contribution in [-0.4, -0.2) is 54.2 Å². The number of nitrogens with zero attached hydrogens (tertiary/aromatic N) is 3. The molecule has 24 heavy (non-hydrogen) atoms. The zero-order chi connectivity index (χ0) is 16.4. The highest BCUT2D eigenvalue weighted by Gasteiger charge is 2.41. The summed E-state index contributed by atoms with van der Waals surface area (Å²) in [5, 5.41) is 3.30. The zero-order valence-electron chi connectivity index (χ0n) is 14.2. The van der Waals surface area contributed by atoms with Crippen LogP contribution in [0.5, 0.6) is 0 Å². The third kappa shape index (κ3) is 3.89. The van der Waals surface area contributed by atoms with Crippen molar-refractivity contribution in [3.8, 4) is 0 Å². The second kappa shape index (κ2) is 7.22. The van der Waals surface area contributed by atoms with Gasteiger partial charge in [-0.05, 0) is 32.0 Å². The summed E-state index contributed by atoms with van der Waals surface area (Å²) in [6, 6.07) is 4.51. The van der Waals surface area contributed by atoms with Gasteiger partial charge in [-0.2, -0.15) is 0 Å². The largest absolute Gasteiger partial charge is 0.379 e. The molecule has 0 radical (unpaired) electrons. The third-order valence-corrected chi connectivity index (χ3v) is 6.80. The van der Waals surface area contributed by atoms with Gasteiger partial charge in [0, 0.05) is 52.9 Å². The maximum atomic E-state index is 6.01. The fourth-order valence-electron chi connectivity index (χ4n) is 3.94.